The average Bonchev–Trinajstić information content (AvgIpc) is 2.59. The molecule has 0 aliphatic rings. The summed E-state index contributed by atoms with van der Waals surface area (Å²) in [6.07, 6.45) is -0.192. The van der Waals surface area contributed by atoms with E-state index in [9.17, 15) is 9.90 Å². The Balaban J connectivity index is 1.95. The molecule has 0 saturated carbocycles. The van der Waals surface area contributed by atoms with Crippen LogP contribution in [0.5, 0.6) is 17.2 Å². The second-order valence-electron chi connectivity index (χ2n) is 5.90. The maximum absolute atomic E-state index is 10.8. The largest absolute Gasteiger partial charge is 0.507 e. The van der Waals surface area contributed by atoms with Gasteiger partial charge in [-0.05, 0) is 55.0 Å². The van der Waals surface area contributed by atoms with Crippen LogP contribution >= 0.6 is 23.2 Å². The molecule has 0 amide bonds. The Bertz CT molecular complexity index is 998. The highest BCUT2D eigenvalue weighted by Gasteiger charge is 2.14. The number of aromatic nitrogens is 1. The zero-order chi connectivity index (χ0) is 19.6. The summed E-state index contributed by atoms with van der Waals surface area (Å²) in [5, 5.41) is 19.5. The first-order valence-electron chi connectivity index (χ1n) is 7.98. The van der Waals surface area contributed by atoms with E-state index in [2.05, 4.69) is 4.98 Å². The lowest BCUT2D eigenvalue weighted by atomic mass is 10.1. The van der Waals surface area contributed by atoms with E-state index in [0.717, 1.165) is 5.69 Å². The first kappa shape index (κ1) is 19.0. The molecule has 27 heavy (non-hydrogen) atoms. The minimum Gasteiger partial charge on any atom is -0.507 e. The summed E-state index contributed by atoms with van der Waals surface area (Å²) >= 11 is 12.4. The van der Waals surface area contributed by atoms with Gasteiger partial charge >= 0.3 is 5.97 Å². The van der Waals surface area contributed by atoms with E-state index in [1.807, 2.05) is 19.1 Å². The van der Waals surface area contributed by atoms with Gasteiger partial charge in [-0.15, -0.1) is 0 Å². The molecule has 3 rings (SSSR count). The summed E-state index contributed by atoms with van der Waals surface area (Å²) in [5.41, 5.74) is 2.40. The number of pyridine rings is 1. The Morgan fingerprint density at radius 3 is 2.44 bits per heavy atom. The van der Waals surface area contributed by atoms with E-state index in [0.29, 0.717) is 22.6 Å². The van der Waals surface area contributed by atoms with Gasteiger partial charge in [0.05, 0.1) is 22.2 Å². The van der Waals surface area contributed by atoms with Crippen LogP contribution in [0.25, 0.3) is 11.3 Å². The van der Waals surface area contributed by atoms with E-state index >= 15 is 0 Å². The van der Waals surface area contributed by atoms with Crippen molar-refractivity contribution in [3.8, 4) is 28.5 Å². The fourth-order valence-corrected chi connectivity index (χ4v) is 3.19. The highest BCUT2D eigenvalue weighted by atomic mass is 35.5. The van der Waals surface area contributed by atoms with Crippen molar-refractivity contribution in [2.24, 2.45) is 0 Å². The molecule has 1 aromatic heterocycles. The quantitative estimate of drug-likeness (QED) is 0.588. The molecule has 0 bridgehead atoms. The number of aryl methyl sites for hydroxylation is 1. The topological polar surface area (TPSA) is 79.7 Å². The first-order chi connectivity index (χ1) is 12.8. The lowest BCUT2D eigenvalue weighted by Crippen LogP contribution is -2.00. The fraction of sp³-hybridized carbons (Fsp3) is 0.100. The van der Waals surface area contributed by atoms with Crippen LogP contribution in [0.15, 0.2) is 48.5 Å². The molecule has 0 aliphatic carbocycles. The van der Waals surface area contributed by atoms with Crippen LogP contribution in [0.4, 0.5) is 0 Å². The number of hydrogen-bond donors (Lipinski definition) is 2. The minimum absolute atomic E-state index is 0.0643. The van der Waals surface area contributed by atoms with E-state index in [4.69, 9.17) is 33.0 Å². The Kier molecular flexibility index (Phi) is 5.54. The van der Waals surface area contributed by atoms with E-state index < -0.39 is 5.97 Å². The van der Waals surface area contributed by atoms with Gasteiger partial charge in [-0.25, -0.2) is 0 Å². The summed E-state index contributed by atoms with van der Waals surface area (Å²) in [6, 6.07) is 13.2. The molecular formula is C20H15Cl2NO4. The molecular weight excluding hydrogens is 389 g/mol. The molecule has 0 unspecified atom stereocenters. The molecule has 3 aromatic rings. The third-order valence-electron chi connectivity index (χ3n) is 3.77. The number of carboxylic acids is 1. The number of carboxylic acid groups (broad SMARTS) is 1. The van der Waals surface area contributed by atoms with E-state index in [1.54, 1.807) is 18.2 Å². The van der Waals surface area contributed by atoms with Crippen molar-refractivity contribution >= 4 is 29.2 Å². The third kappa shape index (κ3) is 4.51. The summed E-state index contributed by atoms with van der Waals surface area (Å²) in [4.78, 5) is 15.3. The number of halogens is 2. The van der Waals surface area contributed by atoms with E-state index in [-0.39, 0.29) is 28.0 Å². The number of aliphatic carboxylic acids is 1. The van der Waals surface area contributed by atoms with Crippen molar-refractivity contribution < 1.29 is 19.7 Å². The maximum Gasteiger partial charge on any atom is 0.307 e. The second kappa shape index (κ2) is 7.86. The number of carbonyl (C=O) groups is 1. The number of benzene rings is 2. The monoisotopic (exact) mass is 403 g/mol. The van der Waals surface area contributed by atoms with Crippen molar-refractivity contribution in [1.82, 2.24) is 4.98 Å². The van der Waals surface area contributed by atoms with Gasteiger partial charge in [0.15, 0.2) is 5.75 Å². The van der Waals surface area contributed by atoms with Gasteiger partial charge in [0.25, 0.3) is 0 Å². The van der Waals surface area contributed by atoms with Crippen molar-refractivity contribution in [1.29, 1.82) is 0 Å². The van der Waals surface area contributed by atoms with Gasteiger partial charge in [-0.3, -0.25) is 9.78 Å². The zero-order valence-electron chi connectivity index (χ0n) is 14.2. The number of aromatic hydroxyl groups is 1. The van der Waals surface area contributed by atoms with Crippen LogP contribution < -0.4 is 4.74 Å². The average molecular weight is 404 g/mol. The Labute approximate surface area is 165 Å². The smallest absolute Gasteiger partial charge is 0.307 e. The van der Waals surface area contributed by atoms with E-state index in [1.165, 1.54) is 18.2 Å². The molecule has 5 nitrogen and oxygen atoms in total. The van der Waals surface area contributed by atoms with Crippen LogP contribution in [-0.4, -0.2) is 21.2 Å². The van der Waals surface area contributed by atoms with Crippen molar-refractivity contribution in [3.63, 3.8) is 0 Å². The fourth-order valence-electron chi connectivity index (χ4n) is 2.58. The number of hydrogen-bond acceptors (Lipinski definition) is 4. The molecule has 138 valence electrons. The van der Waals surface area contributed by atoms with Crippen molar-refractivity contribution in [2.45, 2.75) is 13.3 Å². The molecule has 0 spiro atoms. The highest BCUT2D eigenvalue weighted by molar-refractivity contribution is 6.37. The van der Waals surface area contributed by atoms with Crippen LogP contribution in [0.2, 0.25) is 10.0 Å². The molecule has 2 N–H and O–H groups in total. The van der Waals surface area contributed by atoms with Gasteiger partial charge in [0.1, 0.15) is 11.5 Å². The first-order valence-corrected chi connectivity index (χ1v) is 8.73. The summed E-state index contributed by atoms with van der Waals surface area (Å²) < 4.78 is 5.80. The molecule has 0 aliphatic heterocycles. The van der Waals surface area contributed by atoms with Crippen LogP contribution in [0.3, 0.4) is 0 Å². The lowest BCUT2D eigenvalue weighted by Gasteiger charge is -2.13. The predicted octanol–water partition coefficient (Wildman–Crippen LogP) is 5.49. The van der Waals surface area contributed by atoms with Crippen LogP contribution in [0, 0.1) is 6.92 Å². The number of phenolic OH excluding ortho intramolecular Hbond substituents is 1. The van der Waals surface area contributed by atoms with Crippen LogP contribution in [-0.2, 0) is 11.2 Å². The second-order valence-corrected chi connectivity index (χ2v) is 6.72. The number of rotatable bonds is 5. The lowest BCUT2D eigenvalue weighted by molar-refractivity contribution is -0.136. The molecule has 1 heterocycles. The molecule has 0 saturated heterocycles. The molecule has 7 heteroatoms. The van der Waals surface area contributed by atoms with Gasteiger partial charge in [0.2, 0.25) is 0 Å². The summed E-state index contributed by atoms with van der Waals surface area (Å²) in [7, 11) is 0. The maximum atomic E-state index is 10.8. The number of phenols is 1. The minimum atomic E-state index is -0.982. The standard InChI is InChI=1S/C20H15Cl2NO4/c1-11-3-2-4-17(23-11)14-10-13(5-6-18(14)24)27-20-15(21)7-12(8-16(20)22)9-19(25)26/h2-8,10,24H,9H2,1H3,(H,25,26). The molecule has 0 radical (unpaired) electrons. The highest BCUT2D eigenvalue weighted by Crippen LogP contribution is 2.39. The van der Waals surface area contributed by atoms with Gasteiger partial charge in [-0.1, -0.05) is 29.3 Å². The number of nitrogens with zero attached hydrogens (tertiary/aromatic N) is 1. The summed E-state index contributed by atoms with van der Waals surface area (Å²) in [5.74, 6) is -0.304. The molecule has 2 aromatic carbocycles. The Morgan fingerprint density at radius 2 is 1.81 bits per heavy atom. The number of ether oxygens (including phenoxy) is 1. The molecule has 0 atom stereocenters. The van der Waals surface area contributed by atoms with Crippen molar-refractivity contribution in [2.75, 3.05) is 0 Å². The van der Waals surface area contributed by atoms with Crippen LogP contribution in [0.1, 0.15) is 11.3 Å². The zero-order valence-corrected chi connectivity index (χ0v) is 15.8. The third-order valence-corrected chi connectivity index (χ3v) is 4.33. The normalized spacial score (nSPS) is 10.6. The Hall–Kier alpha value is -2.76. The SMILES string of the molecule is Cc1cccc(-c2cc(Oc3c(Cl)cc(CC(=O)O)cc3Cl)ccc2O)n1. The molecule has 0 fully saturated rings. The van der Waals surface area contributed by atoms with Gasteiger partial charge < -0.3 is 14.9 Å². The van der Waals surface area contributed by atoms with Crippen molar-refractivity contribution in [3.05, 3.63) is 69.8 Å². The van der Waals surface area contributed by atoms with Gasteiger partial charge in [0, 0.05) is 11.3 Å². The predicted molar refractivity (Wildman–Crippen MR) is 104 cm³/mol. The Morgan fingerprint density at radius 1 is 1.11 bits per heavy atom. The summed E-state index contributed by atoms with van der Waals surface area (Å²) in [6.45, 7) is 1.86. The van der Waals surface area contributed by atoms with Gasteiger partial charge in [-0.2, -0.15) is 0 Å².